The number of hydrogen-bond acceptors (Lipinski definition) is 4. The summed E-state index contributed by atoms with van der Waals surface area (Å²) in [6.07, 6.45) is 8.62. The molecule has 0 radical (unpaired) electrons. The van der Waals surface area contributed by atoms with Gasteiger partial charge in [-0.1, -0.05) is 0 Å². The Kier molecular flexibility index (Phi) is 2.61. The highest BCUT2D eigenvalue weighted by Crippen LogP contribution is 2.09. The van der Waals surface area contributed by atoms with E-state index in [-0.39, 0.29) is 0 Å². The number of aromatic nitrogens is 2. The Labute approximate surface area is 83.4 Å². The number of nitrogens with zero attached hydrogens (tertiary/aromatic N) is 3. The van der Waals surface area contributed by atoms with Crippen LogP contribution in [0, 0.1) is 12.3 Å². The standard InChI is InChI=1S/C10H12N4/c1-2-9-7-12-8-10(13-9)14-5-3-11-4-6-14/h1,7-8,11H,3-6H2. The number of anilines is 1. The molecule has 1 aliphatic rings. The summed E-state index contributed by atoms with van der Waals surface area (Å²) in [6.45, 7) is 3.90. The Morgan fingerprint density at radius 3 is 2.86 bits per heavy atom. The molecule has 0 aliphatic carbocycles. The zero-order valence-corrected chi connectivity index (χ0v) is 7.90. The first-order chi connectivity index (χ1) is 6.90. The Bertz CT molecular complexity index is 349. The molecule has 1 fully saturated rings. The summed E-state index contributed by atoms with van der Waals surface area (Å²) in [6, 6.07) is 0. The molecule has 0 unspecified atom stereocenters. The van der Waals surface area contributed by atoms with Gasteiger partial charge >= 0.3 is 0 Å². The lowest BCUT2D eigenvalue weighted by molar-refractivity contribution is 0.584. The second kappa shape index (κ2) is 4.07. The predicted octanol–water partition coefficient (Wildman–Crippen LogP) is -0.133. The fourth-order valence-corrected chi connectivity index (χ4v) is 1.47. The summed E-state index contributed by atoms with van der Waals surface area (Å²) >= 11 is 0. The first kappa shape index (κ1) is 8.97. The Morgan fingerprint density at radius 1 is 1.36 bits per heavy atom. The van der Waals surface area contributed by atoms with Gasteiger partial charge in [-0.3, -0.25) is 4.98 Å². The van der Waals surface area contributed by atoms with Crippen LogP contribution in [0.25, 0.3) is 0 Å². The van der Waals surface area contributed by atoms with Crippen molar-refractivity contribution < 1.29 is 0 Å². The molecule has 0 spiro atoms. The summed E-state index contributed by atoms with van der Waals surface area (Å²) in [5.41, 5.74) is 0.598. The largest absolute Gasteiger partial charge is 0.353 e. The van der Waals surface area contributed by atoms with Gasteiger partial charge in [0.05, 0.1) is 12.4 Å². The zero-order chi connectivity index (χ0) is 9.80. The van der Waals surface area contributed by atoms with Crippen molar-refractivity contribution >= 4 is 5.82 Å². The predicted molar refractivity (Wildman–Crippen MR) is 55.0 cm³/mol. The molecule has 0 bridgehead atoms. The first-order valence-corrected chi connectivity index (χ1v) is 4.64. The maximum atomic E-state index is 5.26. The van der Waals surface area contributed by atoms with Crippen molar-refractivity contribution in [2.24, 2.45) is 0 Å². The molecule has 0 atom stereocenters. The van der Waals surface area contributed by atoms with Crippen LogP contribution in [0.15, 0.2) is 12.4 Å². The molecule has 72 valence electrons. The fourth-order valence-electron chi connectivity index (χ4n) is 1.47. The van der Waals surface area contributed by atoms with Gasteiger partial charge in [-0.25, -0.2) is 4.98 Å². The van der Waals surface area contributed by atoms with Gasteiger partial charge in [0.1, 0.15) is 11.5 Å². The van der Waals surface area contributed by atoms with E-state index in [9.17, 15) is 0 Å². The van der Waals surface area contributed by atoms with E-state index in [2.05, 4.69) is 26.1 Å². The molecule has 1 saturated heterocycles. The van der Waals surface area contributed by atoms with E-state index in [1.165, 1.54) is 0 Å². The summed E-state index contributed by atoms with van der Waals surface area (Å²) < 4.78 is 0. The van der Waals surface area contributed by atoms with Gasteiger partial charge in [-0.15, -0.1) is 6.42 Å². The molecule has 0 aromatic carbocycles. The monoisotopic (exact) mass is 188 g/mol. The van der Waals surface area contributed by atoms with Crippen LogP contribution in [0.2, 0.25) is 0 Å². The number of hydrogen-bond donors (Lipinski definition) is 1. The van der Waals surface area contributed by atoms with Crippen molar-refractivity contribution in [3.8, 4) is 12.3 Å². The molecule has 2 heterocycles. The average Bonchev–Trinajstić information content (AvgIpc) is 2.30. The van der Waals surface area contributed by atoms with Crippen LogP contribution in [-0.2, 0) is 0 Å². The lowest BCUT2D eigenvalue weighted by atomic mass is 10.3. The lowest BCUT2D eigenvalue weighted by Crippen LogP contribution is -2.44. The van der Waals surface area contributed by atoms with Crippen molar-refractivity contribution in [1.82, 2.24) is 15.3 Å². The zero-order valence-electron chi connectivity index (χ0n) is 7.90. The van der Waals surface area contributed by atoms with Gasteiger partial charge in [-0.05, 0) is 5.92 Å². The van der Waals surface area contributed by atoms with E-state index in [4.69, 9.17) is 6.42 Å². The third-order valence-electron chi connectivity index (χ3n) is 2.21. The van der Waals surface area contributed by atoms with Crippen LogP contribution >= 0.6 is 0 Å². The van der Waals surface area contributed by atoms with E-state index >= 15 is 0 Å². The molecule has 14 heavy (non-hydrogen) atoms. The van der Waals surface area contributed by atoms with Crippen molar-refractivity contribution in [1.29, 1.82) is 0 Å². The molecule has 4 heteroatoms. The normalized spacial score (nSPS) is 16.4. The van der Waals surface area contributed by atoms with Gasteiger partial charge in [0.15, 0.2) is 0 Å². The lowest BCUT2D eigenvalue weighted by Gasteiger charge is -2.27. The molecular weight excluding hydrogens is 176 g/mol. The molecular formula is C10H12N4. The number of rotatable bonds is 1. The third-order valence-corrected chi connectivity index (χ3v) is 2.21. The quantitative estimate of drug-likeness (QED) is 0.623. The van der Waals surface area contributed by atoms with Crippen molar-refractivity contribution in [2.45, 2.75) is 0 Å². The van der Waals surface area contributed by atoms with Gasteiger partial charge in [0.25, 0.3) is 0 Å². The maximum Gasteiger partial charge on any atom is 0.148 e. The molecule has 0 amide bonds. The Hall–Kier alpha value is -1.60. The molecule has 4 nitrogen and oxygen atoms in total. The van der Waals surface area contributed by atoms with Crippen LogP contribution in [0.1, 0.15) is 5.69 Å². The van der Waals surface area contributed by atoms with Crippen LogP contribution < -0.4 is 10.2 Å². The van der Waals surface area contributed by atoms with Crippen LogP contribution in [0.3, 0.4) is 0 Å². The minimum absolute atomic E-state index is 0.598. The summed E-state index contributed by atoms with van der Waals surface area (Å²) in [4.78, 5) is 10.6. The highest BCUT2D eigenvalue weighted by Gasteiger charge is 2.11. The third kappa shape index (κ3) is 1.83. The van der Waals surface area contributed by atoms with Crippen molar-refractivity contribution in [3.63, 3.8) is 0 Å². The molecule has 1 aliphatic heterocycles. The van der Waals surface area contributed by atoms with Gasteiger partial charge in [-0.2, -0.15) is 0 Å². The second-order valence-corrected chi connectivity index (χ2v) is 3.14. The molecule has 0 saturated carbocycles. The van der Waals surface area contributed by atoms with E-state index in [1.54, 1.807) is 12.4 Å². The molecule has 2 rings (SSSR count). The van der Waals surface area contributed by atoms with E-state index in [0.29, 0.717) is 5.69 Å². The van der Waals surface area contributed by atoms with E-state index in [1.807, 2.05) is 0 Å². The van der Waals surface area contributed by atoms with Gasteiger partial charge < -0.3 is 10.2 Å². The maximum absolute atomic E-state index is 5.26. The minimum atomic E-state index is 0.598. The number of terminal acetylenes is 1. The summed E-state index contributed by atoms with van der Waals surface area (Å²) in [5, 5.41) is 3.28. The molecule has 1 aromatic heterocycles. The first-order valence-electron chi connectivity index (χ1n) is 4.64. The highest BCUT2D eigenvalue weighted by molar-refractivity contribution is 5.39. The molecule has 1 aromatic rings. The van der Waals surface area contributed by atoms with E-state index in [0.717, 1.165) is 32.0 Å². The van der Waals surface area contributed by atoms with E-state index < -0.39 is 0 Å². The van der Waals surface area contributed by atoms with Crippen molar-refractivity contribution in [3.05, 3.63) is 18.1 Å². The van der Waals surface area contributed by atoms with Crippen LogP contribution in [-0.4, -0.2) is 36.1 Å². The van der Waals surface area contributed by atoms with Crippen molar-refractivity contribution in [2.75, 3.05) is 31.1 Å². The Morgan fingerprint density at radius 2 is 2.14 bits per heavy atom. The second-order valence-electron chi connectivity index (χ2n) is 3.14. The smallest absolute Gasteiger partial charge is 0.148 e. The van der Waals surface area contributed by atoms with Crippen LogP contribution in [0.5, 0.6) is 0 Å². The Balaban J connectivity index is 2.18. The number of nitrogens with one attached hydrogen (secondary N) is 1. The van der Waals surface area contributed by atoms with Gasteiger partial charge in [0, 0.05) is 26.2 Å². The van der Waals surface area contributed by atoms with Gasteiger partial charge in [0.2, 0.25) is 0 Å². The topological polar surface area (TPSA) is 41.1 Å². The average molecular weight is 188 g/mol. The minimum Gasteiger partial charge on any atom is -0.353 e. The summed E-state index contributed by atoms with van der Waals surface area (Å²) in [7, 11) is 0. The summed E-state index contributed by atoms with van der Waals surface area (Å²) in [5.74, 6) is 3.37. The van der Waals surface area contributed by atoms with Crippen LogP contribution in [0.4, 0.5) is 5.82 Å². The molecule has 1 N–H and O–H groups in total. The number of piperazine rings is 1. The highest BCUT2D eigenvalue weighted by atomic mass is 15.2. The fraction of sp³-hybridized carbons (Fsp3) is 0.400. The SMILES string of the molecule is C#Cc1cncc(N2CCNCC2)n1.